The Bertz CT molecular complexity index is 1420. The van der Waals surface area contributed by atoms with Crippen molar-refractivity contribution in [2.45, 2.75) is 32.2 Å². The van der Waals surface area contributed by atoms with E-state index in [1.807, 2.05) is 42.5 Å². The number of rotatable bonds is 7. The highest BCUT2D eigenvalue weighted by Crippen LogP contribution is 2.40. The molecule has 0 fully saturated rings. The Morgan fingerprint density at radius 1 is 1.03 bits per heavy atom. The molecule has 4 aromatic rings. The van der Waals surface area contributed by atoms with E-state index >= 15 is 0 Å². The predicted octanol–water partition coefficient (Wildman–Crippen LogP) is 6.35. The summed E-state index contributed by atoms with van der Waals surface area (Å²) in [7, 11) is 1.35. The quantitative estimate of drug-likeness (QED) is 0.238. The molecule has 1 aliphatic rings. The van der Waals surface area contributed by atoms with E-state index < -0.39 is 5.97 Å². The highest BCUT2D eigenvalue weighted by molar-refractivity contribution is 7.16. The number of nitrogens with zero attached hydrogens (tertiary/aromatic N) is 1. The fraction of sp³-hybridized carbons (Fsp3) is 0.207. The van der Waals surface area contributed by atoms with Gasteiger partial charge in [-0.15, -0.1) is 11.3 Å². The summed E-state index contributed by atoms with van der Waals surface area (Å²) in [5.74, 6) is 0.556. The zero-order valence-corrected chi connectivity index (χ0v) is 20.8. The van der Waals surface area contributed by atoms with Gasteiger partial charge in [0.1, 0.15) is 16.5 Å². The molecule has 182 valence electrons. The molecule has 2 aromatic heterocycles. The first kappa shape index (κ1) is 23.8. The Balaban J connectivity index is 1.40. The van der Waals surface area contributed by atoms with E-state index in [0.29, 0.717) is 39.8 Å². The molecule has 0 spiro atoms. The number of nitrogens with one attached hydrogen (secondary N) is 1. The summed E-state index contributed by atoms with van der Waals surface area (Å²) in [4.78, 5) is 31.3. The summed E-state index contributed by atoms with van der Waals surface area (Å²) < 4.78 is 10.9. The lowest BCUT2D eigenvalue weighted by Gasteiger charge is -2.12. The molecule has 5 rings (SSSR count). The summed E-state index contributed by atoms with van der Waals surface area (Å²) in [5, 5.41) is 3.76. The van der Waals surface area contributed by atoms with Gasteiger partial charge >= 0.3 is 5.97 Å². The van der Waals surface area contributed by atoms with Crippen molar-refractivity contribution in [2.24, 2.45) is 4.99 Å². The first-order chi connectivity index (χ1) is 17.6. The largest absolute Gasteiger partial charge is 0.465 e. The summed E-state index contributed by atoms with van der Waals surface area (Å²) >= 11 is 1.58. The smallest absolute Gasteiger partial charge is 0.338 e. The third-order valence-electron chi connectivity index (χ3n) is 6.21. The van der Waals surface area contributed by atoms with Gasteiger partial charge in [-0.3, -0.25) is 4.79 Å². The number of hydrogen-bond donors (Lipinski definition) is 1. The zero-order chi connectivity index (χ0) is 24.9. The molecule has 0 aliphatic heterocycles. The third kappa shape index (κ3) is 5.02. The molecule has 1 amide bonds. The number of fused-ring (bicyclic) bond motifs is 1. The standard InChI is InChI=1S/C29H26N2O4S/c1-34-29(33)22-12-6-5-11-21(22)24-16-15-20(35-24)18-31-28-26(23-13-7-8-14-25(23)36-28)27(32)30-17-19-9-3-2-4-10-19/h2-6,9-12,15-16,18H,7-8,13-14,17H2,1H3,(H,30,32). The molecule has 7 heteroatoms. The van der Waals surface area contributed by atoms with Crippen LogP contribution in [0, 0.1) is 0 Å². The van der Waals surface area contributed by atoms with Crippen LogP contribution in [0.3, 0.4) is 0 Å². The van der Waals surface area contributed by atoms with Crippen LogP contribution in [0.25, 0.3) is 11.3 Å². The summed E-state index contributed by atoms with van der Waals surface area (Å²) in [6.45, 7) is 0.467. The van der Waals surface area contributed by atoms with Crippen molar-refractivity contribution in [2.75, 3.05) is 7.11 Å². The lowest BCUT2D eigenvalue weighted by atomic mass is 9.95. The van der Waals surface area contributed by atoms with E-state index in [1.54, 1.807) is 41.8 Å². The fourth-order valence-corrected chi connectivity index (χ4v) is 5.65. The van der Waals surface area contributed by atoms with E-state index in [2.05, 4.69) is 10.3 Å². The second-order valence-corrected chi connectivity index (χ2v) is 9.64. The molecule has 0 atom stereocenters. The molecule has 2 heterocycles. The normalized spacial score (nSPS) is 12.9. The van der Waals surface area contributed by atoms with Gasteiger partial charge in [0, 0.05) is 17.0 Å². The summed E-state index contributed by atoms with van der Waals surface area (Å²) in [5.41, 5.74) is 3.92. The minimum Gasteiger partial charge on any atom is -0.465 e. The van der Waals surface area contributed by atoms with Crippen LogP contribution in [0.2, 0.25) is 0 Å². The van der Waals surface area contributed by atoms with Crippen LogP contribution < -0.4 is 5.32 Å². The van der Waals surface area contributed by atoms with Crippen LogP contribution in [-0.2, 0) is 24.1 Å². The molecule has 0 radical (unpaired) electrons. The molecular weight excluding hydrogens is 472 g/mol. The molecular formula is C29H26N2O4S. The molecule has 1 aliphatic carbocycles. The maximum Gasteiger partial charge on any atom is 0.338 e. The number of carbonyl (C=O) groups is 2. The Labute approximate surface area is 213 Å². The van der Waals surface area contributed by atoms with E-state index in [0.717, 1.165) is 36.8 Å². The Morgan fingerprint density at radius 3 is 2.64 bits per heavy atom. The molecule has 2 aromatic carbocycles. The van der Waals surface area contributed by atoms with Crippen LogP contribution in [0.5, 0.6) is 0 Å². The Hall–Kier alpha value is -3.97. The lowest BCUT2D eigenvalue weighted by Crippen LogP contribution is -2.24. The van der Waals surface area contributed by atoms with Gasteiger partial charge in [0.25, 0.3) is 5.91 Å². The number of ether oxygens (including phenoxy) is 1. The van der Waals surface area contributed by atoms with Gasteiger partial charge < -0.3 is 14.5 Å². The van der Waals surface area contributed by atoms with Crippen LogP contribution in [0.4, 0.5) is 5.00 Å². The van der Waals surface area contributed by atoms with E-state index in [-0.39, 0.29) is 5.91 Å². The molecule has 0 saturated heterocycles. The van der Waals surface area contributed by atoms with Crippen molar-refractivity contribution in [3.8, 4) is 11.3 Å². The second-order valence-electron chi connectivity index (χ2n) is 8.56. The SMILES string of the molecule is COC(=O)c1ccccc1-c1ccc(C=Nc2sc3c(c2C(=O)NCc2ccccc2)CCCC3)o1. The van der Waals surface area contributed by atoms with Crippen molar-refractivity contribution >= 4 is 34.4 Å². The molecule has 6 nitrogen and oxygen atoms in total. The topological polar surface area (TPSA) is 80.9 Å². The van der Waals surface area contributed by atoms with Crippen LogP contribution >= 0.6 is 11.3 Å². The van der Waals surface area contributed by atoms with Gasteiger partial charge in [-0.2, -0.15) is 0 Å². The van der Waals surface area contributed by atoms with Gasteiger partial charge in [0.05, 0.1) is 24.5 Å². The van der Waals surface area contributed by atoms with Gasteiger partial charge in [-0.25, -0.2) is 9.79 Å². The van der Waals surface area contributed by atoms with Gasteiger partial charge in [0.15, 0.2) is 0 Å². The zero-order valence-electron chi connectivity index (χ0n) is 20.0. The average Bonchev–Trinajstić information content (AvgIpc) is 3.55. The van der Waals surface area contributed by atoms with Crippen molar-refractivity contribution in [3.05, 3.63) is 99.6 Å². The maximum atomic E-state index is 13.3. The van der Waals surface area contributed by atoms with Gasteiger partial charge in [-0.05, 0) is 55.0 Å². The molecule has 0 bridgehead atoms. The minimum absolute atomic E-state index is 0.0995. The number of furan rings is 1. The van der Waals surface area contributed by atoms with E-state index in [1.165, 1.54) is 12.0 Å². The Kier molecular flexibility index (Phi) is 7.09. The highest BCUT2D eigenvalue weighted by atomic mass is 32.1. The Morgan fingerprint density at radius 2 is 1.81 bits per heavy atom. The monoisotopic (exact) mass is 498 g/mol. The number of benzene rings is 2. The van der Waals surface area contributed by atoms with Gasteiger partial charge in [0.2, 0.25) is 0 Å². The second kappa shape index (κ2) is 10.7. The van der Waals surface area contributed by atoms with Crippen molar-refractivity contribution < 1.29 is 18.7 Å². The molecule has 1 N–H and O–H groups in total. The van der Waals surface area contributed by atoms with Crippen molar-refractivity contribution in [1.29, 1.82) is 0 Å². The lowest BCUT2D eigenvalue weighted by molar-refractivity contribution is 0.0601. The van der Waals surface area contributed by atoms with E-state index in [9.17, 15) is 9.59 Å². The summed E-state index contributed by atoms with van der Waals surface area (Å²) in [6.07, 6.45) is 5.71. The number of thiophene rings is 1. The predicted molar refractivity (Wildman–Crippen MR) is 141 cm³/mol. The molecule has 0 unspecified atom stereocenters. The third-order valence-corrected chi connectivity index (χ3v) is 7.41. The van der Waals surface area contributed by atoms with Crippen LogP contribution in [0.1, 0.15) is 55.3 Å². The van der Waals surface area contributed by atoms with Crippen molar-refractivity contribution in [1.82, 2.24) is 5.32 Å². The number of hydrogen-bond acceptors (Lipinski definition) is 6. The van der Waals surface area contributed by atoms with Gasteiger partial charge in [-0.1, -0.05) is 48.5 Å². The molecule has 0 saturated carbocycles. The number of carbonyl (C=O) groups excluding carboxylic acids is 2. The summed E-state index contributed by atoms with van der Waals surface area (Å²) in [6, 6.07) is 20.6. The fourth-order valence-electron chi connectivity index (χ4n) is 4.42. The number of aryl methyl sites for hydroxylation is 1. The first-order valence-electron chi connectivity index (χ1n) is 11.9. The van der Waals surface area contributed by atoms with E-state index in [4.69, 9.17) is 9.15 Å². The van der Waals surface area contributed by atoms with Crippen LogP contribution in [-0.4, -0.2) is 25.2 Å². The minimum atomic E-state index is -0.424. The van der Waals surface area contributed by atoms with Crippen LogP contribution in [0.15, 0.2) is 76.1 Å². The first-order valence-corrected chi connectivity index (χ1v) is 12.7. The average molecular weight is 499 g/mol. The highest BCUT2D eigenvalue weighted by Gasteiger charge is 2.25. The van der Waals surface area contributed by atoms with Crippen molar-refractivity contribution in [3.63, 3.8) is 0 Å². The maximum absolute atomic E-state index is 13.3. The number of esters is 1. The molecule has 36 heavy (non-hydrogen) atoms. The number of methoxy groups -OCH3 is 1. The number of aliphatic imine (C=N–C) groups is 1. The number of amides is 1.